The van der Waals surface area contributed by atoms with Gasteiger partial charge in [0.05, 0.1) is 0 Å². The van der Waals surface area contributed by atoms with Gasteiger partial charge in [-0.1, -0.05) is 44.4 Å². The van der Waals surface area contributed by atoms with Gasteiger partial charge in [-0.2, -0.15) is 12.6 Å². The average molecular weight is 281 g/mol. The molecule has 1 aliphatic carbocycles. The maximum absolute atomic E-state index is 5.10. The first-order valence-corrected chi connectivity index (χ1v) is 8.40. The highest BCUT2D eigenvalue weighted by molar-refractivity contribution is 7.82. The molecule has 0 fully saturated rings. The highest BCUT2D eigenvalue weighted by Gasteiger charge is 2.37. The lowest BCUT2D eigenvalue weighted by molar-refractivity contribution is 0.457. The van der Waals surface area contributed by atoms with Crippen molar-refractivity contribution in [1.29, 1.82) is 0 Å². The van der Waals surface area contributed by atoms with Crippen LogP contribution in [0.4, 0.5) is 0 Å². The molecular formula is C18H32S. The van der Waals surface area contributed by atoms with Crippen LogP contribution in [-0.4, -0.2) is 4.75 Å². The fourth-order valence-electron chi connectivity index (χ4n) is 4.04. The Morgan fingerprint density at radius 1 is 1.42 bits per heavy atom. The molecule has 0 amide bonds. The molecule has 4 unspecified atom stereocenters. The van der Waals surface area contributed by atoms with Crippen molar-refractivity contribution in [2.24, 2.45) is 17.8 Å². The lowest BCUT2D eigenvalue weighted by Gasteiger charge is -2.38. The second-order valence-corrected chi connectivity index (χ2v) is 7.36. The van der Waals surface area contributed by atoms with E-state index < -0.39 is 0 Å². The van der Waals surface area contributed by atoms with Gasteiger partial charge in [-0.05, 0) is 57.3 Å². The molecule has 1 rings (SSSR count). The number of rotatable bonds is 5. The molecule has 0 heterocycles. The molecule has 4 atom stereocenters. The van der Waals surface area contributed by atoms with Gasteiger partial charge in [-0.15, -0.1) is 6.58 Å². The molecule has 1 heteroatoms. The van der Waals surface area contributed by atoms with Crippen molar-refractivity contribution in [2.45, 2.75) is 71.5 Å². The largest absolute Gasteiger partial charge is 0.168 e. The summed E-state index contributed by atoms with van der Waals surface area (Å²) < 4.78 is -0.0439. The maximum atomic E-state index is 5.10. The molecule has 0 aromatic rings. The van der Waals surface area contributed by atoms with Crippen LogP contribution in [0.2, 0.25) is 0 Å². The smallest absolute Gasteiger partial charge is 0.0377 e. The van der Waals surface area contributed by atoms with Gasteiger partial charge < -0.3 is 0 Å². The third-order valence-electron chi connectivity index (χ3n) is 5.20. The Morgan fingerprint density at radius 2 is 2.05 bits per heavy atom. The number of thiol groups is 1. The van der Waals surface area contributed by atoms with Gasteiger partial charge in [0.25, 0.3) is 0 Å². The van der Waals surface area contributed by atoms with Gasteiger partial charge in [0.2, 0.25) is 0 Å². The zero-order valence-corrected chi connectivity index (χ0v) is 14.4. The van der Waals surface area contributed by atoms with Crippen LogP contribution in [0.25, 0.3) is 0 Å². The molecule has 0 aromatic carbocycles. The van der Waals surface area contributed by atoms with E-state index in [0.717, 1.165) is 12.3 Å². The Balaban J connectivity index is 3.26. The van der Waals surface area contributed by atoms with Crippen molar-refractivity contribution in [3.63, 3.8) is 0 Å². The summed E-state index contributed by atoms with van der Waals surface area (Å²) in [5, 5.41) is 0. The van der Waals surface area contributed by atoms with Crippen molar-refractivity contribution in [2.75, 3.05) is 0 Å². The molecule has 19 heavy (non-hydrogen) atoms. The first-order valence-electron chi connectivity index (χ1n) is 7.96. The minimum atomic E-state index is -0.0439. The SMILES string of the molecule is C=CC(CC)C(C)(S)C1=C(C)C(CC)CCCC1C. The fourth-order valence-corrected chi connectivity index (χ4v) is 4.73. The Hall–Kier alpha value is -0.170. The van der Waals surface area contributed by atoms with Crippen molar-refractivity contribution >= 4 is 12.6 Å². The van der Waals surface area contributed by atoms with Crippen LogP contribution in [0.5, 0.6) is 0 Å². The average Bonchev–Trinajstić information content (AvgIpc) is 2.49. The van der Waals surface area contributed by atoms with E-state index in [2.05, 4.69) is 47.3 Å². The van der Waals surface area contributed by atoms with E-state index in [9.17, 15) is 0 Å². The van der Waals surface area contributed by atoms with E-state index in [1.165, 1.54) is 25.7 Å². The standard InChI is InChI=1S/C18H32S/c1-7-15-12-10-11-13(4)17(14(15)5)18(6,19)16(8-2)9-3/h8,13,15-16,19H,2,7,9-12H2,1,3-6H3. The molecule has 0 aliphatic heterocycles. The van der Waals surface area contributed by atoms with E-state index in [-0.39, 0.29) is 4.75 Å². The maximum Gasteiger partial charge on any atom is 0.0377 e. The van der Waals surface area contributed by atoms with Crippen LogP contribution in [0.15, 0.2) is 23.8 Å². The monoisotopic (exact) mass is 280 g/mol. The van der Waals surface area contributed by atoms with Gasteiger partial charge in [0.1, 0.15) is 0 Å². The molecule has 0 N–H and O–H groups in total. The van der Waals surface area contributed by atoms with E-state index in [1.54, 1.807) is 11.1 Å². The molecule has 0 saturated carbocycles. The summed E-state index contributed by atoms with van der Waals surface area (Å²) in [7, 11) is 0. The van der Waals surface area contributed by atoms with Crippen LogP contribution < -0.4 is 0 Å². The normalized spacial score (nSPS) is 29.6. The van der Waals surface area contributed by atoms with Crippen molar-refractivity contribution < 1.29 is 0 Å². The molecule has 0 aromatic heterocycles. The van der Waals surface area contributed by atoms with E-state index in [4.69, 9.17) is 12.6 Å². The van der Waals surface area contributed by atoms with E-state index in [1.807, 2.05) is 0 Å². The Kier molecular flexibility index (Phi) is 6.23. The highest BCUT2D eigenvalue weighted by Crippen LogP contribution is 2.46. The zero-order chi connectivity index (χ0) is 14.6. The van der Waals surface area contributed by atoms with Crippen molar-refractivity contribution in [3.8, 4) is 0 Å². The second kappa shape index (κ2) is 7.02. The van der Waals surface area contributed by atoms with Crippen LogP contribution in [-0.2, 0) is 0 Å². The molecule has 0 saturated heterocycles. The lowest BCUT2D eigenvalue weighted by atomic mass is 9.75. The zero-order valence-electron chi connectivity index (χ0n) is 13.5. The van der Waals surface area contributed by atoms with E-state index >= 15 is 0 Å². The van der Waals surface area contributed by atoms with Crippen molar-refractivity contribution in [3.05, 3.63) is 23.8 Å². The summed E-state index contributed by atoms with van der Waals surface area (Å²) in [5.74, 6) is 1.88. The lowest BCUT2D eigenvalue weighted by Crippen LogP contribution is -2.33. The summed E-state index contributed by atoms with van der Waals surface area (Å²) in [6, 6.07) is 0. The van der Waals surface area contributed by atoms with Crippen molar-refractivity contribution in [1.82, 2.24) is 0 Å². The van der Waals surface area contributed by atoms with Crippen LogP contribution in [0, 0.1) is 17.8 Å². The van der Waals surface area contributed by atoms with Gasteiger partial charge in [-0.3, -0.25) is 0 Å². The molecular weight excluding hydrogens is 248 g/mol. The van der Waals surface area contributed by atoms with Crippen LogP contribution in [0.1, 0.15) is 66.7 Å². The quantitative estimate of drug-likeness (QED) is 0.460. The summed E-state index contributed by atoms with van der Waals surface area (Å²) in [6.07, 6.45) is 8.50. The molecule has 0 bridgehead atoms. The second-order valence-electron chi connectivity index (χ2n) is 6.43. The highest BCUT2D eigenvalue weighted by atomic mass is 32.1. The first kappa shape index (κ1) is 16.9. The molecule has 0 radical (unpaired) electrons. The van der Waals surface area contributed by atoms with Gasteiger partial charge >= 0.3 is 0 Å². The summed E-state index contributed by atoms with van der Waals surface area (Å²) >= 11 is 5.10. The predicted molar refractivity (Wildman–Crippen MR) is 90.9 cm³/mol. The fraction of sp³-hybridized carbons (Fsp3) is 0.778. The van der Waals surface area contributed by atoms with Crippen LogP contribution >= 0.6 is 12.6 Å². The molecule has 0 nitrogen and oxygen atoms in total. The van der Waals surface area contributed by atoms with E-state index in [0.29, 0.717) is 11.8 Å². The first-order chi connectivity index (χ1) is 8.89. The summed E-state index contributed by atoms with van der Waals surface area (Å²) in [6.45, 7) is 15.7. The minimum absolute atomic E-state index is 0.0439. The van der Waals surface area contributed by atoms with Gasteiger partial charge in [-0.25, -0.2) is 0 Å². The Bertz CT molecular complexity index is 338. The van der Waals surface area contributed by atoms with Gasteiger partial charge in [0.15, 0.2) is 0 Å². The third kappa shape index (κ3) is 3.48. The molecule has 110 valence electrons. The Morgan fingerprint density at radius 3 is 2.53 bits per heavy atom. The number of hydrogen-bond acceptors (Lipinski definition) is 1. The number of allylic oxidation sites excluding steroid dienone is 2. The van der Waals surface area contributed by atoms with Crippen LogP contribution in [0.3, 0.4) is 0 Å². The molecule has 1 aliphatic rings. The number of hydrogen-bond donors (Lipinski definition) is 1. The summed E-state index contributed by atoms with van der Waals surface area (Å²) in [4.78, 5) is 0. The minimum Gasteiger partial charge on any atom is -0.168 e. The van der Waals surface area contributed by atoms with Gasteiger partial charge in [0, 0.05) is 4.75 Å². The predicted octanol–water partition coefficient (Wildman–Crippen LogP) is 6.05. The topological polar surface area (TPSA) is 0 Å². The third-order valence-corrected chi connectivity index (χ3v) is 5.78. The Labute approximate surface area is 126 Å². The molecule has 0 spiro atoms. The summed E-state index contributed by atoms with van der Waals surface area (Å²) in [5.41, 5.74) is 3.22.